The van der Waals surface area contributed by atoms with Gasteiger partial charge in [-0.2, -0.15) is 0 Å². The highest BCUT2D eigenvalue weighted by Gasteiger charge is 2.01. The van der Waals surface area contributed by atoms with Gasteiger partial charge >= 0.3 is 0 Å². The van der Waals surface area contributed by atoms with Crippen molar-refractivity contribution in [2.75, 3.05) is 7.11 Å². The van der Waals surface area contributed by atoms with Gasteiger partial charge in [-0.3, -0.25) is 0 Å². The summed E-state index contributed by atoms with van der Waals surface area (Å²) in [4.78, 5) is 4.11. The first kappa shape index (κ1) is 12.0. The van der Waals surface area contributed by atoms with Crippen molar-refractivity contribution in [3.05, 3.63) is 36.4 Å². The third kappa shape index (κ3) is 3.94. The van der Waals surface area contributed by atoms with Crippen molar-refractivity contribution >= 4 is 20.6 Å². The van der Waals surface area contributed by atoms with Crippen LogP contribution in [0.15, 0.2) is 41.4 Å². The Hall–Kier alpha value is -1.03. The number of hydrogen-bond acceptors (Lipinski definition) is 3. The molecule has 0 fully saturated rings. The Morgan fingerprint density at radius 3 is 2.38 bits per heavy atom. The summed E-state index contributed by atoms with van der Waals surface area (Å²) in [5.41, 5.74) is 6.40. The molecule has 4 heteroatoms. The minimum Gasteiger partial charge on any atom is -0.495 e. The van der Waals surface area contributed by atoms with Crippen LogP contribution in [0.4, 0.5) is 0 Å². The minimum atomic E-state index is 0.364. The van der Waals surface area contributed by atoms with E-state index in [-0.39, 0.29) is 0 Å². The van der Waals surface area contributed by atoms with Crippen molar-refractivity contribution in [3.8, 4) is 0 Å². The molecule has 0 atom stereocenters. The van der Waals surface area contributed by atoms with E-state index in [1.165, 1.54) is 7.11 Å². The van der Waals surface area contributed by atoms with Crippen LogP contribution >= 0.6 is 15.9 Å². The molecule has 3 nitrogen and oxygen atoms in total. The Balaban J connectivity index is 4.75. The number of rotatable bonds is 4. The molecule has 2 N–H and O–H groups in total. The summed E-state index contributed by atoms with van der Waals surface area (Å²) < 4.78 is 5.41. The molecular weight excluding hydrogens is 232 g/mol. The monoisotopic (exact) mass is 244 g/mol. The third-order valence-corrected chi connectivity index (χ3v) is 1.98. The first-order chi connectivity index (χ1) is 6.02. The molecular formula is C9H13BrN2O. The van der Waals surface area contributed by atoms with E-state index in [1.807, 2.05) is 6.92 Å². The number of halogens is 1. The molecule has 0 heterocycles. The SMILES string of the molecule is C=C(OC)C(=C/C)/N=C(/Br)C(=C)N. The Labute approximate surface area is 86.8 Å². The highest BCUT2D eigenvalue weighted by Crippen LogP contribution is 2.12. The molecule has 0 aliphatic heterocycles. The van der Waals surface area contributed by atoms with Gasteiger partial charge in [-0.05, 0) is 22.9 Å². The standard InChI is InChI=1S/C9H13BrN2O/c1-5-8(7(3)13-4)12-9(10)6(2)11/h5H,2-3,11H2,1,4H3/b8-5-,12-9+. The van der Waals surface area contributed by atoms with Gasteiger partial charge in [0.05, 0.1) is 12.8 Å². The van der Waals surface area contributed by atoms with Gasteiger partial charge in [0.15, 0.2) is 0 Å². The molecule has 0 aliphatic carbocycles. The summed E-state index contributed by atoms with van der Waals surface area (Å²) in [7, 11) is 1.53. The molecule has 0 amide bonds. The minimum absolute atomic E-state index is 0.364. The largest absolute Gasteiger partial charge is 0.495 e. The van der Waals surface area contributed by atoms with E-state index in [4.69, 9.17) is 10.5 Å². The second-order valence-corrected chi connectivity index (χ2v) is 2.98. The van der Waals surface area contributed by atoms with Gasteiger partial charge in [-0.15, -0.1) is 0 Å². The number of hydrogen-bond donors (Lipinski definition) is 1. The summed E-state index contributed by atoms with van der Waals surface area (Å²) in [6.07, 6.45) is 1.77. The lowest BCUT2D eigenvalue weighted by Crippen LogP contribution is -2.03. The number of nitrogens with two attached hydrogens (primary N) is 1. The first-order valence-corrected chi connectivity index (χ1v) is 4.40. The maximum Gasteiger partial charge on any atom is 0.137 e. The normalized spacial score (nSPS) is 12.5. The number of ether oxygens (including phenoxy) is 1. The lowest BCUT2D eigenvalue weighted by molar-refractivity contribution is 0.302. The van der Waals surface area contributed by atoms with Crippen LogP contribution in [0.1, 0.15) is 6.92 Å². The molecule has 72 valence electrons. The van der Waals surface area contributed by atoms with Crippen LogP contribution in [0, 0.1) is 0 Å². The molecule has 0 aromatic rings. The van der Waals surface area contributed by atoms with E-state index >= 15 is 0 Å². The van der Waals surface area contributed by atoms with Gasteiger partial charge < -0.3 is 10.5 Å². The van der Waals surface area contributed by atoms with Crippen LogP contribution in [-0.4, -0.2) is 11.7 Å². The predicted molar refractivity (Wildman–Crippen MR) is 59.6 cm³/mol. The zero-order valence-corrected chi connectivity index (χ0v) is 9.39. The average molecular weight is 245 g/mol. The topological polar surface area (TPSA) is 47.6 Å². The molecule has 0 spiro atoms. The van der Waals surface area contributed by atoms with E-state index in [2.05, 4.69) is 34.1 Å². The highest BCUT2D eigenvalue weighted by molar-refractivity contribution is 9.18. The molecule has 0 saturated heterocycles. The van der Waals surface area contributed by atoms with Crippen LogP contribution in [0.3, 0.4) is 0 Å². The maximum absolute atomic E-state index is 5.41. The van der Waals surface area contributed by atoms with Crippen LogP contribution in [0.25, 0.3) is 0 Å². The lowest BCUT2D eigenvalue weighted by atomic mass is 10.3. The lowest BCUT2D eigenvalue weighted by Gasteiger charge is -2.04. The molecule has 0 bridgehead atoms. The number of allylic oxidation sites excluding steroid dienone is 2. The fraction of sp³-hybridized carbons (Fsp3) is 0.222. The third-order valence-electron chi connectivity index (χ3n) is 1.29. The van der Waals surface area contributed by atoms with Crippen molar-refractivity contribution in [1.82, 2.24) is 0 Å². The van der Waals surface area contributed by atoms with Gasteiger partial charge in [-0.25, -0.2) is 4.99 Å². The maximum atomic E-state index is 5.41. The molecule has 0 radical (unpaired) electrons. The second-order valence-electron chi connectivity index (χ2n) is 2.23. The Morgan fingerprint density at radius 2 is 2.08 bits per heavy atom. The Morgan fingerprint density at radius 1 is 1.54 bits per heavy atom. The van der Waals surface area contributed by atoms with Gasteiger partial charge in [0.25, 0.3) is 0 Å². The van der Waals surface area contributed by atoms with Crippen LogP contribution in [0.2, 0.25) is 0 Å². The van der Waals surface area contributed by atoms with Gasteiger partial charge in [0, 0.05) is 0 Å². The zero-order chi connectivity index (χ0) is 10.4. The fourth-order valence-electron chi connectivity index (χ4n) is 0.570. The average Bonchev–Trinajstić information content (AvgIpc) is 2.12. The van der Waals surface area contributed by atoms with Crippen molar-refractivity contribution < 1.29 is 4.74 Å². The van der Waals surface area contributed by atoms with Crippen molar-refractivity contribution in [2.24, 2.45) is 10.7 Å². The van der Waals surface area contributed by atoms with Crippen molar-refractivity contribution in [2.45, 2.75) is 6.92 Å². The van der Waals surface area contributed by atoms with Crippen LogP contribution in [-0.2, 0) is 4.74 Å². The second kappa shape index (κ2) is 5.59. The predicted octanol–water partition coefficient (Wildman–Crippen LogP) is 2.32. The van der Waals surface area contributed by atoms with E-state index < -0.39 is 0 Å². The number of nitrogens with zero attached hydrogens (tertiary/aromatic N) is 1. The van der Waals surface area contributed by atoms with E-state index in [1.54, 1.807) is 6.08 Å². The first-order valence-electron chi connectivity index (χ1n) is 3.61. The van der Waals surface area contributed by atoms with E-state index in [0.29, 0.717) is 21.8 Å². The van der Waals surface area contributed by atoms with Gasteiger partial charge in [-0.1, -0.05) is 19.2 Å². The Bertz CT molecular complexity index is 279. The molecule has 0 rings (SSSR count). The highest BCUT2D eigenvalue weighted by atomic mass is 79.9. The summed E-state index contributed by atoms with van der Waals surface area (Å²) in [5.74, 6) is 0.487. The molecule has 0 unspecified atom stereocenters. The number of methoxy groups -OCH3 is 1. The summed E-state index contributed by atoms with van der Waals surface area (Å²) >= 11 is 3.17. The van der Waals surface area contributed by atoms with Crippen LogP contribution < -0.4 is 5.73 Å². The fourth-order valence-corrected chi connectivity index (χ4v) is 0.761. The van der Waals surface area contributed by atoms with Gasteiger partial charge in [0.2, 0.25) is 0 Å². The van der Waals surface area contributed by atoms with Crippen molar-refractivity contribution in [1.29, 1.82) is 0 Å². The van der Waals surface area contributed by atoms with Crippen LogP contribution in [0.5, 0.6) is 0 Å². The number of aliphatic imine (C=N–C) groups is 1. The summed E-state index contributed by atoms with van der Waals surface area (Å²) in [6, 6.07) is 0. The molecule has 0 aliphatic rings. The quantitative estimate of drug-likeness (QED) is 0.469. The molecule has 0 aromatic carbocycles. The summed E-state index contributed by atoms with van der Waals surface area (Å²) in [6.45, 7) is 9.03. The van der Waals surface area contributed by atoms with E-state index in [9.17, 15) is 0 Å². The molecule has 0 aromatic heterocycles. The summed E-state index contributed by atoms with van der Waals surface area (Å²) in [5, 5.41) is 0. The van der Waals surface area contributed by atoms with Gasteiger partial charge in [0.1, 0.15) is 16.1 Å². The van der Waals surface area contributed by atoms with Crippen molar-refractivity contribution in [3.63, 3.8) is 0 Å². The molecule has 13 heavy (non-hydrogen) atoms. The van der Waals surface area contributed by atoms with E-state index in [0.717, 1.165) is 0 Å². The molecule has 0 saturated carbocycles. The smallest absolute Gasteiger partial charge is 0.137 e. The zero-order valence-electron chi connectivity index (χ0n) is 7.80. The Kier molecular flexibility index (Phi) is 5.14.